The first-order valence-corrected chi connectivity index (χ1v) is 9.37. The normalized spacial score (nSPS) is 11.0. The van der Waals surface area contributed by atoms with Crippen molar-refractivity contribution in [3.63, 3.8) is 0 Å². The van der Waals surface area contributed by atoms with E-state index in [0.29, 0.717) is 13.1 Å². The monoisotopic (exact) mass is 367 g/mol. The van der Waals surface area contributed by atoms with E-state index >= 15 is 0 Å². The van der Waals surface area contributed by atoms with Crippen molar-refractivity contribution in [3.05, 3.63) is 58.9 Å². The Labute approximate surface area is 161 Å². The molecule has 5 heteroatoms. The third-order valence-electron chi connectivity index (χ3n) is 4.57. The molecule has 0 spiro atoms. The lowest BCUT2D eigenvalue weighted by molar-refractivity contribution is -0.132. The fourth-order valence-electron chi connectivity index (χ4n) is 3.09. The zero-order valence-electron chi connectivity index (χ0n) is 16.9. The highest BCUT2D eigenvalue weighted by Gasteiger charge is 2.13. The fourth-order valence-corrected chi connectivity index (χ4v) is 3.09. The lowest BCUT2D eigenvalue weighted by Crippen LogP contribution is -2.39. The lowest BCUT2D eigenvalue weighted by Gasteiger charge is -2.18. The van der Waals surface area contributed by atoms with Crippen LogP contribution in [0.3, 0.4) is 0 Å². The Morgan fingerprint density at radius 1 is 1.11 bits per heavy atom. The third kappa shape index (κ3) is 5.09. The highest BCUT2D eigenvalue weighted by Crippen LogP contribution is 2.22. The molecule has 0 bridgehead atoms. The summed E-state index contributed by atoms with van der Waals surface area (Å²) in [5, 5.41) is 2.72. The van der Waals surface area contributed by atoms with E-state index in [9.17, 15) is 9.59 Å². The molecule has 0 saturated heterocycles. The molecule has 0 radical (unpaired) electrons. The minimum Gasteiger partial charge on any atom is -0.355 e. The van der Waals surface area contributed by atoms with Crippen LogP contribution in [0.4, 0.5) is 0 Å². The summed E-state index contributed by atoms with van der Waals surface area (Å²) in [6, 6.07) is 10.4. The average molecular weight is 367 g/mol. The van der Waals surface area contributed by atoms with E-state index in [1.165, 1.54) is 10.5 Å². The molecule has 5 nitrogen and oxygen atoms in total. The van der Waals surface area contributed by atoms with Crippen LogP contribution in [0, 0.1) is 20.8 Å². The third-order valence-corrected chi connectivity index (χ3v) is 4.57. The zero-order chi connectivity index (χ0) is 20.0. The molecule has 0 aliphatic rings. The maximum atomic E-state index is 12.5. The lowest BCUT2D eigenvalue weighted by atomic mass is 10.2. The van der Waals surface area contributed by atoms with E-state index < -0.39 is 0 Å². The van der Waals surface area contributed by atoms with Crippen LogP contribution in [0.2, 0.25) is 0 Å². The minimum absolute atomic E-state index is 0.0793. The van der Waals surface area contributed by atoms with Gasteiger partial charge in [0, 0.05) is 36.2 Å². The summed E-state index contributed by atoms with van der Waals surface area (Å²) >= 11 is 0. The van der Waals surface area contributed by atoms with Gasteiger partial charge in [-0.15, -0.1) is 0 Å². The predicted octanol–water partition coefficient (Wildman–Crippen LogP) is 3.40. The Hall–Kier alpha value is -2.82. The molecule has 1 aromatic heterocycles. The first kappa shape index (κ1) is 20.5. The Morgan fingerprint density at radius 2 is 1.78 bits per heavy atom. The molecule has 1 heterocycles. The molecule has 0 unspecified atom stereocenters. The van der Waals surface area contributed by atoms with Gasteiger partial charge in [-0.1, -0.05) is 17.7 Å². The van der Waals surface area contributed by atoms with Gasteiger partial charge in [-0.2, -0.15) is 0 Å². The Kier molecular flexibility index (Phi) is 6.99. The maximum Gasteiger partial charge on any atom is 0.247 e. The molecule has 0 aliphatic heterocycles. The van der Waals surface area contributed by atoms with Crippen LogP contribution in [-0.4, -0.2) is 40.9 Å². The van der Waals surface area contributed by atoms with Crippen molar-refractivity contribution in [1.82, 2.24) is 14.8 Å². The molecule has 0 saturated carbocycles. The molecule has 0 aliphatic carbocycles. The number of benzene rings is 1. The van der Waals surface area contributed by atoms with Crippen LogP contribution < -0.4 is 5.32 Å². The maximum absolute atomic E-state index is 12.5. The van der Waals surface area contributed by atoms with Crippen molar-refractivity contribution in [2.45, 2.75) is 34.6 Å². The number of amides is 2. The largest absolute Gasteiger partial charge is 0.355 e. The summed E-state index contributed by atoms with van der Waals surface area (Å²) in [5.74, 6) is -0.303. The molecule has 144 valence electrons. The van der Waals surface area contributed by atoms with Crippen LogP contribution in [0.5, 0.6) is 0 Å². The summed E-state index contributed by atoms with van der Waals surface area (Å²) in [6.45, 7) is 11.0. The van der Waals surface area contributed by atoms with Gasteiger partial charge in [0.15, 0.2) is 0 Å². The molecular formula is C22H29N3O2. The first-order valence-electron chi connectivity index (χ1n) is 9.37. The molecular weight excluding hydrogens is 338 g/mol. The number of aromatic nitrogens is 1. The van der Waals surface area contributed by atoms with E-state index in [1.807, 2.05) is 26.8 Å². The van der Waals surface area contributed by atoms with Crippen LogP contribution in [-0.2, 0) is 9.59 Å². The number of hydrogen-bond donors (Lipinski definition) is 1. The number of likely N-dealkylation sites (N-methyl/N-ethyl adjacent to an activating group) is 2. The second-order valence-corrected chi connectivity index (χ2v) is 6.64. The van der Waals surface area contributed by atoms with Crippen LogP contribution >= 0.6 is 0 Å². The first-order chi connectivity index (χ1) is 12.9. The number of aryl methyl sites for hydroxylation is 2. The van der Waals surface area contributed by atoms with Crippen molar-refractivity contribution < 1.29 is 9.59 Å². The van der Waals surface area contributed by atoms with Gasteiger partial charge in [-0.25, -0.2) is 0 Å². The summed E-state index contributed by atoms with van der Waals surface area (Å²) in [6.07, 6.45) is 3.37. The molecule has 2 rings (SSSR count). The van der Waals surface area contributed by atoms with Gasteiger partial charge in [-0.3, -0.25) is 9.59 Å². The van der Waals surface area contributed by atoms with E-state index in [0.717, 1.165) is 22.6 Å². The molecule has 2 aromatic rings. The van der Waals surface area contributed by atoms with Gasteiger partial charge in [0.25, 0.3) is 0 Å². The Morgan fingerprint density at radius 3 is 2.37 bits per heavy atom. The van der Waals surface area contributed by atoms with Crippen LogP contribution in [0.1, 0.15) is 36.4 Å². The van der Waals surface area contributed by atoms with Gasteiger partial charge < -0.3 is 14.8 Å². The van der Waals surface area contributed by atoms with Gasteiger partial charge in [0.1, 0.15) is 0 Å². The topological polar surface area (TPSA) is 54.3 Å². The Bertz CT molecular complexity index is 832. The number of carbonyl (C=O) groups excluding carboxylic acids is 2. The van der Waals surface area contributed by atoms with Crippen LogP contribution in [0.25, 0.3) is 11.8 Å². The van der Waals surface area contributed by atoms with Crippen molar-refractivity contribution >= 4 is 17.9 Å². The number of hydrogen-bond acceptors (Lipinski definition) is 2. The quantitative estimate of drug-likeness (QED) is 0.763. The fraction of sp³-hybridized carbons (Fsp3) is 0.364. The van der Waals surface area contributed by atoms with E-state index in [4.69, 9.17) is 0 Å². The highest BCUT2D eigenvalue weighted by atomic mass is 16.2. The van der Waals surface area contributed by atoms with Crippen molar-refractivity contribution in [1.29, 1.82) is 0 Å². The highest BCUT2D eigenvalue weighted by molar-refractivity contribution is 5.94. The second kappa shape index (κ2) is 9.21. The number of rotatable bonds is 7. The van der Waals surface area contributed by atoms with Crippen molar-refractivity contribution in [3.8, 4) is 5.69 Å². The molecule has 0 fully saturated rings. The van der Waals surface area contributed by atoms with Crippen molar-refractivity contribution in [2.75, 3.05) is 19.6 Å². The standard InChI is InChI=1S/C22H29N3O2/c1-6-23-21(26)15-24(7-2)22(27)13-10-19-14-17(4)25(18(19)5)20-11-8-16(3)9-12-20/h8-14H,6-7,15H2,1-5H3,(H,23,26)/b13-10+. The molecule has 27 heavy (non-hydrogen) atoms. The summed E-state index contributed by atoms with van der Waals surface area (Å²) in [5.41, 5.74) is 5.51. The minimum atomic E-state index is -0.163. The molecule has 0 atom stereocenters. The smallest absolute Gasteiger partial charge is 0.247 e. The van der Waals surface area contributed by atoms with Crippen molar-refractivity contribution in [2.24, 2.45) is 0 Å². The Balaban J connectivity index is 2.19. The molecule has 1 N–H and O–H groups in total. The van der Waals surface area contributed by atoms with E-state index in [2.05, 4.69) is 54.1 Å². The van der Waals surface area contributed by atoms with E-state index in [1.54, 1.807) is 6.08 Å². The number of carbonyl (C=O) groups is 2. The van der Waals surface area contributed by atoms with Gasteiger partial charge in [0.05, 0.1) is 6.54 Å². The predicted molar refractivity (Wildman–Crippen MR) is 110 cm³/mol. The van der Waals surface area contributed by atoms with Gasteiger partial charge >= 0.3 is 0 Å². The summed E-state index contributed by atoms with van der Waals surface area (Å²) in [7, 11) is 0. The van der Waals surface area contributed by atoms with Crippen LogP contribution in [0.15, 0.2) is 36.4 Å². The molecule has 2 amide bonds. The van der Waals surface area contributed by atoms with Gasteiger partial charge in [0.2, 0.25) is 11.8 Å². The van der Waals surface area contributed by atoms with E-state index in [-0.39, 0.29) is 18.4 Å². The summed E-state index contributed by atoms with van der Waals surface area (Å²) < 4.78 is 2.18. The number of nitrogens with one attached hydrogen (secondary N) is 1. The number of nitrogens with zero attached hydrogens (tertiary/aromatic N) is 2. The zero-order valence-corrected chi connectivity index (χ0v) is 16.9. The van der Waals surface area contributed by atoms with Gasteiger partial charge in [-0.05, 0) is 64.5 Å². The second-order valence-electron chi connectivity index (χ2n) is 6.64. The average Bonchev–Trinajstić information content (AvgIpc) is 2.92. The molecule has 1 aromatic carbocycles. The SMILES string of the molecule is CCNC(=O)CN(CC)C(=O)/C=C/c1cc(C)n(-c2ccc(C)cc2)c1C. The summed E-state index contributed by atoms with van der Waals surface area (Å²) in [4.78, 5) is 25.7.